The molecule has 0 saturated heterocycles. The standard InChI is InChI=1S/C25H35FN2O4S/c1-18(2)8-11-27(14-20(29)16-31-3)15-25(30)28-12-9-24-22(10-13-33-24)23(28)17-32-21-6-4-19(26)5-7-21/h4-7,10,13,18,20,23,29H,8-9,11-12,14-17H2,1-3H3. The second-order valence-corrected chi connectivity index (χ2v) is 9.94. The Kier molecular flexibility index (Phi) is 9.67. The first-order chi connectivity index (χ1) is 15.9. The van der Waals surface area contributed by atoms with Crippen LogP contribution in [0.15, 0.2) is 35.7 Å². The fourth-order valence-corrected chi connectivity index (χ4v) is 5.01. The first-order valence-electron chi connectivity index (χ1n) is 11.5. The van der Waals surface area contributed by atoms with Crippen molar-refractivity contribution in [3.05, 3.63) is 52.0 Å². The molecule has 2 unspecified atom stereocenters. The van der Waals surface area contributed by atoms with Gasteiger partial charge in [-0.15, -0.1) is 11.3 Å². The predicted molar refractivity (Wildman–Crippen MR) is 128 cm³/mol. The minimum Gasteiger partial charge on any atom is -0.491 e. The zero-order chi connectivity index (χ0) is 23.8. The average Bonchev–Trinajstić information content (AvgIpc) is 3.26. The van der Waals surface area contributed by atoms with Crippen LogP contribution in [0.2, 0.25) is 0 Å². The van der Waals surface area contributed by atoms with Crippen molar-refractivity contribution >= 4 is 17.2 Å². The van der Waals surface area contributed by atoms with Gasteiger partial charge in [0.15, 0.2) is 0 Å². The van der Waals surface area contributed by atoms with Crippen molar-refractivity contribution in [3.63, 3.8) is 0 Å². The maximum Gasteiger partial charge on any atom is 0.237 e. The van der Waals surface area contributed by atoms with Gasteiger partial charge in [0.05, 0.1) is 25.3 Å². The second kappa shape index (κ2) is 12.5. The Balaban J connectivity index is 1.71. The van der Waals surface area contributed by atoms with Crippen LogP contribution in [0.1, 0.15) is 36.8 Å². The van der Waals surface area contributed by atoms with E-state index in [1.165, 1.54) is 17.0 Å². The van der Waals surface area contributed by atoms with Crippen molar-refractivity contribution in [2.45, 2.75) is 38.8 Å². The Labute approximate surface area is 199 Å². The van der Waals surface area contributed by atoms with Crippen LogP contribution in [-0.4, -0.2) is 73.4 Å². The van der Waals surface area contributed by atoms with Crippen molar-refractivity contribution in [1.82, 2.24) is 9.80 Å². The van der Waals surface area contributed by atoms with E-state index >= 15 is 0 Å². The molecule has 3 rings (SSSR count). The van der Waals surface area contributed by atoms with E-state index in [-0.39, 0.29) is 30.9 Å². The molecule has 0 aliphatic carbocycles. The maximum absolute atomic E-state index is 13.5. The van der Waals surface area contributed by atoms with Crippen molar-refractivity contribution in [1.29, 1.82) is 0 Å². The highest BCUT2D eigenvalue weighted by atomic mass is 32.1. The van der Waals surface area contributed by atoms with Crippen LogP contribution in [0.3, 0.4) is 0 Å². The molecule has 2 heterocycles. The molecule has 0 bridgehead atoms. The highest BCUT2D eigenvalue weighted by molar-refractivity contribution is 7.10. The SMILES string of the molecule is COCC(O)CN(CCC(C)C)CC(=O)N1CCc2sccc2C1COc1ccc(F)cc1. The molecule has 1 aliphatic rings. The fourth-order valence-electron chi connectivity index (χ4n) is 4.08. The fraction of sp³-hybridized carbons (Fsp3) is 0.560. The molecule has 1 aromatic carbocycles. The summed E-state index contributed by atoms with van der Waals surface area (Å²) < 4.78 is 24.3. The summed E-state index contributed by atoms with van der Waals surface area (Å²) in [5, 5.41) is 12.3. The van der Waals surface area contributed by atoms with Gasteiger partial charge in [-0.1, -0.05) is 13.8 Å². The van der Waals surface area contributed by atoms with Crippen LogP contribution in [0.5, 0.6) is 5.75 Å². The molecule has 8 heteroatoms. The van der Waals surface area contributed by atoms with Gasteiger partial charge in [0.25, 0.3) is 0 Å². The number of methoxy groups -OCH3 is 1. The molecule has 0 spiro atoms. The first-order valence-corrected chi connectivity index (χ1v) is 12.4. The molecule has 6 nitrogen and oxygen atoms in total. The highest BCUT2D eigenvalue weighted by Gasteiger charge is 2.33. The molecule has 1 aromatic heterocycles. The number of carbonyl (C=O) groups is 1. The number of fused-ring (bicyclic) bond motifs is 1. The lowest BCUT2D eigenvalue weighted by Crippen LogP contribution is -2.48. The summed E-state index contributed by atoms with van der Waals surface area (Å²) in [6, 6.07) is 7.80. The summed E-state index contributed by atoms with van der Waals surface area (Å²) in [5.74, 6) is 0.789. The predicted octanol–water partition coefficient (Wildman–Crippen LogP) is 3.75. The van der Waals surface area contributed by atoms with Crippen LogP contribution in [-0.2, 0) is 16.0 Å². The lowest BCUT2D eigenvalue weighted by Gasteiger charge is -2.37. The van der Waals surface area contributed by atoms with Gasteiger partial charge < -0.3 is 19.5 Å². The molecule has 1 N–H and O–H groups in total. The molecule has 0 saturated carbocycles. The van der Waals surface area contributed by atoms with Gasteiger partial charge >= 0.3 is 0 Å². The molecule has 0 fully saturated rings. The van der Waals surface area contributed by atoms with Gasteiger partial charge in [0.1, 0.15) is 18.2 Å². The topological polar surface area (TPSA) is 62.2 Å². The normalized spacial score (nSPS) is 16.8. The number of thiophene rings is 1. The van der Waals surface area contributed by atoms with Gasteiger partial charge in [0, 0.05) is 25.1 Å². The van der Waals surface area contributed by atoms with E-state index in [9.17, 15) is 14.3 Å². The van der Waals surface area contributed by atoms with Crippen molar-refractivity contribution in [2.24, 2.45) is 5.92 Å². The molecule has 2 atom stereocenters. The summed E-state index contributed by atoms with van der Waals surface area (Å²) in [4.78, 5) is 18.7. The molecular formula is C25H35FN2O4S. The lowest BCUT2D eigenvalue weighted by atomic mass is 10.00. The van der Waals surface area contributed by atoms with Crippen molar-refractivity contribution in [2.75, 3.05) is 46.5 Å². The van der Waals surface area contributed by atoms with E-state index in [0.29, 0.717) is 31.4 Å². The minimum atomic E-state index is -0.641. The maximum atomic E-state index is 13.5. The molecule has 1 amide bonds. The number of nitrogens with zero attached hydrogens (tertiary/aromatic N) is 2. The van der Waals surface area contributed by atoms with E-state index in [2.05, 4.69) is 25.3 Å². The third-order valence-electron chi connectivity index (χ3n) is 5.85. The summed E-state index contributed by atoms with van der Waals surface area (Å²) in [6.45, 7) is 6.83. The number of hydrogen-bond donors (Lipinski definition) is 1. The minimum absolute atomic E-state index is 0.0212. The average molecular weight is 479 g/mol. The van der Waals surface area contributed by atoms with Gasteiger partial charge in [-0.2, -0.15) is 0 Å². The van der Waals surface area contributed by atoms with E-state index in [1.54, 1.807) is 30.6 Å². The molecule has 33 heavy (non-hydrogen) atoms. The Hall–Kier alpha value is -2.00. The third-order valence-corrected chi connectivity index (χ3v) is 6.84. The Bertz CT molecular complexity index is 874. The smallest absolute Gasteiger partial charge is 0.237 e. The molecule has 0 radical (unpaired) electrons. The quantitative estimate of drug-likeness (QED) is 0.504. The Morgan fingerprint density at radius 2 is 2.06 bits per heavy atom. The number of rotatable bonds is 12. The number of carbonyl (C=O) groups excluding carboxylic acids is 1. The van der Waals surface area contributed by atoms with Crippen LogP contribution < -0.4 is 4.74 Å². The van der Waals surface area contributed by atoms with Gasteiger partial charge in [-0.05, 0) is 66.6 Å². The number of aliphatic hydroxyl groups is 1. The number of benzene rings is 1. The zero-order valence-corrected chi connectivity index (χ0v) is 20.5. The van der Waals surface area contributed by atoms with Crippen LogP contribution >= 0.6 is 11.3 Å². The largest absolute Gasteiger partial charge is 0.491 e. The van der Waals surface area contributed by atoms with E-state index in [0.717, 1.165) is 24.9 Å². The Morgan fingerprint density at radius 3 is 2.76 bits per heavy atom. The van der Waals surface area contributed by atoms with E-state index < -0.39 is 6.10 Å². The second-order valence-electron chi connectivity index (χ2n) is 8.94. The molecule has 2 aromatic rings. The summed E-state index contributed by atoms with van der Waals surface area (Å²) in [6.07, 6.45) is 1.13. The zero-order valence-electron chi connectivity index (χ0n) is 19.7. The van der Waals surface area contributed by atoms with Gasteiger partial charge in [0.2, 0.25) is 5.91 Å². The molecule has 1 aliphatic heterocycles. The summed E-state index contributed by atoms with van der Waals surface area (Å²) in [7, 11) is 1.56. The first kappa shape index (κ1) is 25.6. The van der Waals surface area contributed by atoms with Crippen molar-refractivity contribution in [3.8, 4) is 5.75 Å². The molecule has 182 valence electrons. The van der Waals surface area contributed by atoms with Crippen LogP contribution in [0.25, 0.3) is 0 Å². The van der Waals surface area contributed by atoms with Gasteiger partial charge in [-0.3, -0.25) is 9.69 Å². The highest BCUT2D eigenvalue weighted by Crippen LogP contribution is 2.34. The van der Waals surface area contributed by atoms with Crippen molar-refractivity contribution < 1.29 is 23.8 Å². The summed E-state index contributed by atoms with van der Waals surface area (Å²) >= 11 is 1.71. The van der Waals surface area contributed by atoms with Crippen LogP contribution in [0, 0.1) is 11.7 Å². The summed E-state index contributed by atoms with van der Waals surface area (Å²) in [5.41, 5.74) is 1.12. The van der Waals surface area contributed by atoms with E-state index in [1.807, 2.05) is 9.80 Å². The number of aliphatic hydroxyl groups excluding tert-OH is 1. The van der Waals surface area contributed by atoms with Gasteiger partial charge in [-0.25, -0.2) is 4.39 Å². The number of amides is 1. The van der Waals surface area contributed by atoms with E-state index in [4.69, 9.17) is 9.47 Å². The number of halogens is 1. The molecular weight excluding hydrogens is 443 g/mol. The number of ether oxygens (including phenoxy) is 2. The lowest BCUT2D eigenvalue weighted by molar-refractivity contribution is -0.136. The third kappa shape index (κ3) is 7.50. The monoisotopic (exact) mass is 478 g/mol. The van der Waals surface area contributed by atoms with Crippen LogP contribution in [0.4, 0.5) is 4.39 Å². The Morgan fingerprint density at radius 1 is 1.30 bits per heavy atom. The number of hydrogen-bond acceptors (Lipinski definition) is 6.